The third kappa shape index (κ3) is 3.06. The molecular weight excluding hydrogens is 324 g/mol. The molecule has 0 radical (unpaired) electrons. The minimum atomic E-state index is 0.588. The number of hydrogen-bond acceptors (Lipinski definition) is 1. The van der Waals surface area contributed by atoms with Gasteiger partial charge in [0.25, 0.3) is 0 Å². The van der Waals surface area contributed by atoms with Crippen LogP contribution in [-0.4, -0.2) is 5.11 Å². The normalized spacial score (nSPS) is 10.8. The van der Waals surface area contributed by atoms with Gasteiger partial charge in [0.15, 0.2) is 5.11 Å². The smallest absolute Gasteiger partial charge is 0.175 e. The van der Waals surface area contributed by atoms with Crippen molar-refractivity contribution in [1.29, 1.82) is 0 Å². The van der Waals surface area contributed by atoms with Gasteiger partial charge in [-0.3, -0.25) is 0 Å². The van der Waals surface area contributed by atoms with E-state index in [1.807, 2.05) is 30.3 Å². The lowest BCUT2D eigenvalue weighted by atomic mass is 9.98. The summed E-state index contributed by atoms with van der Waals surface area (Å²) in [6.07, 6.45) is 0. The maximum Gasteiger partial charge on any atom is 0.175 e. The molecule has 0 fully saturated rings. The number of nitrogens with one attached hydrogen (secondary N) is 2. The molecule has 0 heterocycles. The van der Waals surface area contributed by atoms with Crippen LogP contribution < -0.4 is 10.6 Å². The molecule has 0 spiro atoms. The number of hydrogen-bond donors (Lipinski definition) is 2. The van der Waals surface area contributed by atoms with Crippen LogP contribution in [0.5, 0.6) is 0 Å². The molecule has 2 nitrogen and oxygen atoms in total. The summed E-state index contributed by atoms with van der Waals surface area (Å²) in [5, 5.41) is 12.1. The van der Waals surface area contributed by atoms with Crippen LogP contribution in [0.25, 0.3) is 21.5 Å². The highest BCUT2D eigenvalue weighted by Gasteiger charge is 2.10. The molecule has 0 aromatic heterocycles. The Morgan fingerprint density at radius 3 is 2.28 bits per heavy atom. The maximum absolute atomic E-state index is 5.55. The first-order chi connectivity index (χ1) is 12.2. The molecule has 0 aliphatic carbocycles. The van der Waals surface area contributed by atoms with Crippen molar-refractivity contribution in [3.05, 3.63) is 84.4 Å². The lowest BCUT2D eigenvalue weighted by Gasteiger charge is -2.16. The van der Waals surface area contributed by atoms with Crippen LogP contribution in [0.4, 0.5) is 11.4 Å². The van der Waals surface area contributed by atoms with Crippen molar-refractivity contribution >= 4 is 50.2 Å². The second-order valence-electron chi connectivity index (χ2n) is 6.09. The van der Waals surface area contributed by atoms with Crippen LogP contribution in [0, 0.1) is 6.92 Å². The number of anilines is 2. The number of para-hydroxylation sites is 1. The molecule has 0 unspecified atom stereocenters. The van der Waals surface area contributed by atoms with E-state index in [1.165, 1.54) is 21.7 Å². The molecule has 0 aliphatic heterocycles. The van der Waals surface area contributed by atoms with Gasteiger partial charge in [0.1, 0.15) is 0 Å². The number of benzene rings is 4. The second-order valence-corrected chi connectivity index (χ2v) is 6.50. The van der Waals surface area contributed by atoms with Gasteiger partial charge in [0.05, 0.1) is 5.69 Å². The van der Waals surface area contributed by atoms with Crippen molar-refractivity contribution < 1.29 is 0 Å². The summed E-state index contributed by atoms with van der Waals surface area (Å²) in [6.45, 7) is 2.14. The predicted molar refractivity (Wildman–Crippen MR) is 112 cm³/mol. The monoisotopic (exact) mass is 342 g/mol. The zero-order chi connectivity index (χ0) is 17.2. The number of thiocarbonyl (C=S) groups is 1. The minimum absolute atomic E-state index is 0.588. The van der Waals surface area contributed by atoms with E-state index in [2.05, 4.69) is 66.1 Å². The fourth-order valence-electron chi connectivity index (χ4n) is 3.17. The first-order valence-electron chi connectivity index (χ1n) is 8.26. The Morgan fingerprint density at radius 2 is 1.44 bits per heavy atom. The molecule has 0 atom stereocenters. The Bertz CT molecular complexity index is 1070. The summed E-state index contributed by atoms with van der Waals surface area (Å²) >= 11 is 5.55. The first kappa shape index (κ1) is 15.6. The van der Waals surface area contributed by atoms with Crippen LogP contribution in [0.15, 0.2) is 78.9 Å². The molecule has 0 saturated carbocycles. The van der Waals surface area contributed by atoms with E-state index >= 15 is 0 Å². The molecule has 0 bridgehead atoms. The molecule has 122 valence electrons. The van der Waals surface area contributed by atoms with Gasteiger partial charge in [-0.05, 0) is 53.7 Å². The fourth-order valence-corrected chi connectivity index (χ4v) is 3.39. The zero-order valence-electron chi connectivity index (χ0n) is 13.9. The third-order valence-electron chi connectivity index (χ3n) is 4.39. The lowest BCUT2D eigenvalue weighted by molar-refractivity contribution is 1.53. The molecule has 2 N–H and O–H groups in total. The lowest BCUT2D eigenvalue weighted by Crippen LogP contribution is -2.19. The van der Waals surface area contributed by atoms with Crippen LogP contribution in [0.2, 0.25) is 0 Å². The van der Waals surface area contributed by atoms with E-state index in [0.717, 1.165) is 16.8 Å². The van der Waals surface area contributed by atoms with Gasteiger partial charge in [0, 0.05) is 16.5 Å². The molecule has 0 saturated heterocycles. The maximum atomic E-state index is 5.55. The SMILES string of the molecule is Cc1cccc2c(NC(=S)Nc3ccccc3)c3ccccc3cc12. The summed E-state index contributed by atoms with van der Waals surface area (Å²) in [4.78, 5) is 0. The predicted octanol–water partition coefficient (Wildman–Crippen LogP) is 6.11. The Labute approximate surface area is 152 Å². The molecule has 4 aromatic rings. The Balaban J connectivity index is 1.81. The van der Waals surface area contributed by atoms with Crippen LogP contribution >= 0.6 is 12.2 Å². The molecule has 0 amide bonds. The summed E-state index contributed by atoms with van der Waals surface area (Å²) in [7, 11) is 0. The molecule has 25 heavy (non-hydrogen) atoms. The molecule has 3 heteroatoms. The van der Waals surface area contributed by atoms with Crippen molar-refractivity contribution in [3.8, 4) is 0 Å². The van der Waals surface area contributed by atoms with Gasteiger partial charge >= 0.3 is 0 Å². The molecular formula is C22H18N2S. The van der Waals surface area contributed by atoms with Crippen LogP contribution in [0.3, 0.4) is 0 Å². The summed E-state index contributed by atoms with van der Waals surface area (Å²) in [6, 6.07) is 27.0. The Kier molecular flexibility index (Phi) is 4.08. The van der Waals surface area contributed by atoms with E-state index < -0.39 is 0 Å². The summed E-state index contributed by atoms with van der Waals surface area (Å²) in [5.74, 6) is 0. The number of fused-ring (bicyclic) bond motifs is 2. The standard InChI is InChI=1S/C22H18N2S/c1-15-8-7-13-19-20(15)14-16-9-5-6-12-18(16)21(19)24-22(25)23-17-10-3-2-4-11-17/h2-14H,1H3,(H2,23,24,25). The van der Waals surface area contributed by atoms with E-state index in [9.17, 15) is 0 Å². The van der Waals surface area contributed by atoms with Gasteiger partial charge in [-0.2, -0.15) is 0 Å². The van der Waals surface area contributed by atoms with Crippen molar-refractivity contribution in [2.24, 2.45) is 0 Å². The van der Waals surface area contributed by atoms with Gasteiger partial charge < -0.3 is 10.6 Å². The first-order valence-corrected chi connectivity index (χ1v) is 8.67. The molecule has 4 aromatic carbocycles. The van der Waals surface area contributed by atoms with Crippen molar-refractivity contribution in [2.45, 2.75) is 6.92 Å². The highest BCUT2D eigenvalue weighted by atomic mass is 32.1. The van der Waals surface area contributed by atoms with E-state index in [1.54, 1.807) is 0 Å². The highest BCUT2D eigenvalue weighted by molar-refractivity contribution is 7.80. The zero-order valence-corrected chi connectivity index (χ0v) is 14.7. The third-order valence-corrected chi connectivity index (χ3v) is 4.60. The van der Waals surface area contributed by atoms with E-state index in [-0.39, 0.29) is 0 Å². The average molecular weight is 342 g/mol. The summed E-state index contributed by atoms with van der Waals surface area (Å²) in [5.41, 5.74) is 3.28. The van der Waals surface area contributed by atoms with Crippen molar-refractivity contribution in [3.63, 3.8) is 0 Å². The van der Waals surface area contributed by atoms with Crippen molar-refractivity contribution in [1.82, 2.24) is 0 Å². The second kappa shape index (κ2) is 6.54. The summed E-state index contributed by atoms with van der Waals surface area (Å²) < 4.78 is 0. The molecule has 0 aliphatic rings. The minimum Gasteiger partial charge on any atom is -0.332 e. The van der Waals surface area contributed by atoms with Crippen LogP contribution in [-0.2, 0) is 0 Å². The van der Waals surface area contributed by atoms with E-state index in [0.29, 0.717) is 5.11 Å². The number of rotatable bonds is 2. The van der Waals surface area contributed by atoms with Gasteiger partial charge in [0.2, 0.25) is 0 Å². The highest BCUT2D eigenvalue weighted by Crippen LogP contribution is 2.34. The van der Waals surface area contributed by atoms with E-state index in [4.69, 9.17) is 12.2 Å². The number of aryl methyl sites for hydroxylation is 1. The van der Waals surface area contributed by atoms with Gasteiger partial charge in [-0.1, -0.05) is 60.7 Å². The Hall–Kier alpha value is -2.91. The van der Waals surface area contributed by atoms with Crippen LogP contribution in [0.1, 0.15) is 5.56 Å². The fraction of sp³-hybridized carbons (Fsp3) is 0.0455. The average Bonchev–Trinajstić information content (AvgIpc) is 2.63. The molecule has 4 rings (SSSR count). The Morgan fingerprint density at radius 1 is 0.720 bits per heavy atom. The quantitative estimate of drug-likeness (QED) is 0.339. The van der Waals surface area contributed by atoms with Gasteiger partial charge in [-0.25, -0.2) is 0 Å². The van der Waals surface area contributed by atoms with Gasteiger partial charge in [-0.15, -0.1) is 0 Å². The van der Waals surface area contributed by atoms with Crippen molar-refractivity contribution in [2.75, 3.05) is 10.6 Å². The largest absolute Gasteiger partial charge is 0.332 e. The topological polar surface area (TPSA) is 24.1 Å².